The lowest BCUT2D eigenvalue weighted by Crippen LogP contribution is -2.61. The summed E-state index contributed by atoms with van der Waals surface area (Å²) in [6.07, 6.45) is 0. The molecular weight excluding hydrogens is 1360 g/mol. The predicted molar refractivity (Wildman–Crippen MR) is 478 cm³/mol. The van der Waals surface area contributed by atoms with Gasteiger partial charge in [-0.25, -0.2) is 0 Å². The van der Waals surface area contributed by atoms with Crippen LogP contribution < -0.4 is 26.2 Å². The molecule has 111 heavy (non-hydrogen) atoms. The minimum absolute atomic E-state index is 0.211. The van der Waals surface area contributed by atoms with Crippen molar-refractivity contribution in [2.24, 2.45) is 0 Å². The third-order valence-electron chi connectivity index (χ3n) is 23.6. The molecule has 0 amide bonds. The van der Waals surface area contributed by atoms with Crippen molar-refractivity contribution in [2.75, 3.05) is 9.80 Å². The second kappa shape index (κ2) is 25.8. The highest BCUT2D eigenvalue weighted by Crippen LogP contribution is 2.57. The third-order valence-corrected chi connectivity index (χ3v) is 24.8. The van der Waals surface area contributed by atoms with Gasteiger partial charge < -0.3 is 14.4 Å². The van der Waals surface area contributed by atoms with E-state index >= 15 is 0 Å². The zero-order valence-corrected chi connectivity index (χ0v) is 63.8. The van der Waals surface area contributed by atoms with Crippen LogP contribution in [-0.4, -0.2) is 11.3 Å². The zero-order valence-electron chi connectivity index (χ0n) is 63.0. The van der Waals surface area contributed by atoms with E-state index in [-0.39, 0.29) is 17.5 Å². The summed E-state index contributed by atoms with van der Waals surface area (Å²) in [7, 11) is 0. The number of hydrogen-bond acceptors (Lipinski definition) is 3. The highest BCUT2D eigenvalue weighted by atomic mass is 32.1. The van der Waals surface area contributed by atoms with Gasteiger partial charge >= 0.3 is 0 Å². The normalized spacial score (nSPS) is 12.7. The molecule has 0 N–H and O–H groups in total. The number of nitrogens with zero attached hydrogens (tertiary/aromatic N) is 3. The van der Waals surface area contributed by atoms with Gasteiger partial charge in [0, 0.05) is 75.9 Å². The molecule has 4 heterocycles. The average molecular weight is 1440 g/mol. The average Bonchev–Trinajstić information content (AvgIpc) is 1.23. The Morgan fingerprint density at radius 2 is 0.622 bits per heavy atom. The quantitative estimate of drug-likeness (QED) is 0.0999. The van der Waals surface area contributed by atoms with Crippen LogP contribution in [0, 0.1) is 0 Å². The molecule has 0 bridgehead atoms. The van der Waals surface area contributed by atoms with E-state index in [1.54, 1.807) is 0 Å². The molecule has 5 heteroatoms. The monoisotopic (exact) mass is 1440 g/mol. The highest BCUT2D eigenvalue weighted by molar-refractivity contribution is 7.25. The first kappa shape index (κ1) is 66.2. The molecule has 2 aromatic heterocycles. The molecule has 3 nitrogen and oxygen atoms in total. The Balaban J connectivity index is 0.970. The predicted octanol–water partition coefficient (Wildman–Crippen LogP) is 27.8. The zero-order chi connectivity index (χ0) is 74.4. The minimum Gasteiger partial charge on any atom is -0.310 e. The molecule has 21 rings (SSSR count). The summed E-state index contributed by atoms with van der Waals surface area (Å²) in [5, 5.41) is 9.82. The molecule has 0 atom stereocenters. The summed E-state index contributed by atoms with van der Waals surface area (Å²) in [5.41, 5.74) is 32.1. The van der Waals surface area contributed by atoms with Crippen LogP contribution in [0.15, 0.2) is 364 Å². The second-order valence-corrected chi connectivity index (χ2v) is 33.3. The van der Waals surface area contributed by atoms with Crippen molar-refractivity contribution in [2.45, 2.75) is 52.4 Å². The van der Waals surface area contributed by atoms with Crippen molar-refractivity contribution in [1.29, 1.82) is 0 Å². The Hall–Kier alpha value is -13.1. The number of thiophene rings is 1. The Kier molecular flexibility index (Phi) is 15.4. The van der Waals surface area contributed by atoms with Crippen molar-refractivity contribution >= 4 is 132 Å². The lowest BCUT2D eigenvalue weighted by atomic mass is 9.33. The molecule has 17 aromatic carbocycles. The maximum absolute atomic E-state index is 2.76. The fourth-order valence-electron chi connectivity index (χ4n) is 18.4. The van der Waals surface area contributed by atoms with Gasteiger partial charge in [0.2, 0.25) is 0 Å². The van der Waals surface area contributed by atoms with E-state index < -0.39 is 0 Å². The first-order valence-corrected chi connectivity index (χ1v) is 39.7. The number of anilines is 6. The van der Waals surface area contributed by atoms with E-state index in [1.165, 1.54) is 108 Å². The lowest BCUT2D eigenvalue weighted by Gasteiger charge is -2.46. The highest BCUT2D eigenvalue weighted by Gasteiger charge is 2.46. The van der Waals surface area contributed by atoms with Crippen molar-refractivity contribution in [1.82, 2.24) is 4.57 Å². The number of hydrogen-bond donors (Lipinski definition) is 0. The van der Waals surface area contributed by atoms with Gasteiger partial charge in [0.05, 0.1) is 28.1 Å². The third kappa shape index (κ3) is 10.8. The van der Waals surface area contributed by atoms with Crippen LogP contribution >= 0.6 is 11.3 Å². The summed E-state index contributed by atoms with van der Waals surface area (Å²) in [5.74, 6) is 0. The van der Waals surface area contributed by atoms with Crippen LogP contribution in [0.25, 0.3) is 147 Å². The van der Waals surface area contributed by atoms with E-state index in [0.29, 0.717) is 0 Å². The number of benzene rings is 17. The fourth-order valence-corrected chi connectivity index (χ4v) is 19.4. The number of fused-ring (bicyclic) bond motifs is 12. The molecule has 526 valence electrons. The van der Waals surface area contributed by atoms with Crippen LogP contribution in [0.5, 0.6) is 0 Å². The Morgan fingerprint density at radius 3 is 1.09 bits per heavy atom. The summed E-state index contributed by atoms with van der Waals surface area (Å²) < 4.78 is 5.15. The topological polar surface area (TPSA) is 11.4 Å². The summed E-state index contributed by atoms with van der Waals surface area (Å²) in [6.45, 7) is 13.9. The first-order valence-electron chi connectivity index (χ1n) is 38.9. The van der Waals surface area contributed by atoms with Crippen LogP contribution in [-0.2, 0) is 10.8 Å². The van der Waals surface area contributed by atoms with Crippen molar-refractivity contribution in [3.8, 4) is 83.6 Å². The van der Waals surface area contributed by atoms with E-state index in [9.17, 15) is 0 Å². The fraction of sp³-hybridized carbons (Fsp3) is 0.0755. The Bertz CT molecular complexity index is 6730. The van der Waals surface area contributed by atoms with E-state index in [4.69, 9.17) is 0 Å². The van der Waals surface area contributed by atoms with Gasteiger partial charge in [-0.15, -0.1) is 11.3 Å². The molecule has 2 aliphatic heterocycles. The van der Waals surface area contributed by atoms with Crippen molar-refractivity contribution in [3.63, 3.8) is 0 Å². The van der Waals surface area contributed by atoms with Gasteiger partial charge in [-0.2, -0.15) is 0 Å². The summed E-state index contributed by atoms with van der Waals surface area (Å²) >= 11 is 1.87. The molecule has 2 aliphatic rings. The molecule has 0 radical (unpaired) electrons. The molecular formula is C106H78BN3S. The van der Waals surface area contributed by atoms with Gasteiger partial charge in [0.15, 0.2) is 0 Å². The maximum Gasteiger partial charge on any atom is 0.252 e. The van der Waals surface area contributed by atoms with Crippen LogP contribution in [0.1, 0.15) is 52.7 Å². The first-order chi connectivity index (χ1) is 54.4. The summed E-state index contributed by atoms with van der Waals surface area (Å²) in [4.78, 5) is 5.48. The van der Waals surface area contributed by atoms with Crippen LogP contribution in [0.2, 0.25) is 0 Å². The molecule has 19 aromatic rings. The van der Waals surface area contributed by atoms with Crippen molar-refractivity contribution < 1.29 is 0 Å². The smallest absolute Gasteiger partial charge is 0.252 e. The lowest BCUT2D eigenvalue weighted by molar-refractivity contribution is 0.590. The van der Waals surface area contributed by atoms with Crippen LogP contribution in [0.3, 0.4) is 0 Å². The number of para-hydroxylation sites is 2. The standard InChI is InChI=1S/C106H78BN3S/c1-105(2,3)75-61-85(67-32-12-7-13-33-67)103(86(62-75)68-34-14-8-15-35-68)109-94-56-53-73(72-54-57-99-89(58-72)80-44-28-31-51-98(80)111-99)59-91(94)107-90-55-52-74(101-83-47-24-22-45-81(83)100(71-40-20-11-21-41-71)82-46-23-25-48-84(82)101)60-95(90)110(97-66-77(65-96(109)102(97)107)108-92-49-29-26-42-78(92)79-43-27-30-50-93(79)108)104-87(69-36-16-9-17-37-69)63-76(106(4,5)6)64-88(104)70-38-18-10-19-39-70/h7-66H,1-6H3. The van der Waals surface area contributed by atoms with Gasteiger partial charge in [-0.1, -0.05) is 327 Å². The van der Waals surface area contributed by atoms with Gasteiger partial charge in [0.25, 0.3) is 6.71 Å². The van der Waals surface area contributed by atoms with E-state index in [1.807, 2.05) is 11.3 Å². The van der Waals surface area contributed by atoms with Gasteiger partial charge in [-0.3, -0.25) is 0 Å². The number of rotatable bonds is 10. The molecule has 0 saturated heterocycles. The van der Waals surface area contributed by atoms with E-state index in [0.717, 1.165) is 101 Å². The maximum atomic E-state index is 2.76. The molecule has 0 unspecified atom stereocenters. The SMILES string of the molecule is CC(C)(C)c1cc(-c2ccccc2)c(N2c3ccc(-c4ccc5sc6ccccc6c5c4)cc3B3c4ccc(-c5c6ccccc6c(-c6ccccc6)c6ccccc56)cc4N(c4c(-c5ccccc5)cc(C(C)(C)C)cc4-c4ccccc4)c4cc(-n5c6ccccc6c6ccccc65)cc2c43)c(-c2ccccc2)c1. The van der Waals surface area contributed by atoms with Gasteiger partial charge in [0.1, 0.15) is 0 Å². The van der Waals surface area contributed by atoms with Gasteiger partial charge in [-0.05, 0) is 194 Å². The Morgan fingerprint density at radius 1 is 0.252 bits per heavy atom. The van der Waals surface area contributed by atoms with Crippen molar-refractivity contribution in [3.05, 3.63) is 375 Å². The Labute approximate surface area is 653 Å². The number of aromatic nitrogens is 1. The molecule has 0 saturated carbocycles. The second-order valence-electron chi connectivity index (χ2n) is 32.2. The van der Waals surface area contributed by atoms with E-state index in [2.05, 4.69) is 420 Å². The molecule has 0 fully saturated rings. The largest absolute Gasteiger partial charge is 0.310 e. The van der Waals surface area contributed by atoms with Crippen LogP contribution in [0.4, 0.5) is 34.1 Å². The minimum atomic E-state index is -0.309. The summed E-state index contributed by atoms with van der Waals surface area (Å²) in [6, 6.07) is 139. The molecule has 0 aliphatic carbocycles. The molecule has 0 spiro atoms.